The number of hydrogen-bond acceptors (Lipinski definition) is 3. The molecule has 3 rings (SSSR count). The molecule has 1 fully saturated rings. The van der Waals surface area contributed by atoms with Crippen molar-refractivity contribution in [3.63, 3.8) is 0 Å². The Morgan fingerprint density at radius 3 is 2.44 bits per heavy atom. The Bertz CT molecular complexity index is 768. The Morgan fingerprint density at radius 1 is 1.15 bits per heavy atom. The van der Waals surface area contributed by atoms with Crippen LogP contribution in [-0.4, -0.2) is 37.5 Å². The van der Waals surface area contributed by atoms with Crippen LogP contribution in [0.5, 0.6) is 0 Å². The Morgan fingerprint density at radius 2 is 1.81 bits per heavy atom. The molecule has 0 aromatic heterocycles. The van der Waals surface area contributed by atoms with Crippen LogP contribution in [0.1, 0.15) is 68.7 Å². The zero-order valence-electron chi connectivity index (χ0n) is 16.5. The molecule has 0 radical (unpaired) electrons. The van der Waals surface area contributed by atoms with E-state index in [1.807, 2.05) is 0 Å². The number of nitrogens with one attached hydrogen (secondary N) is 1. The summed E-state index contributed by atoms with van der Waals surface area (Å²) in [4.78, 5) is 12.8. The van der Waals surface area contributed by atoms with Gasteiger partial charge >= 0.3 is 0 Å². The molecule has 1 aromatic rings. The van der Waals surface area contributed by atoms with Crippen molar-refractivity contribution in [2.45, 2.75) is 64.8 Å². The van der Waals surface area contributed by atoms with Crippen LogP contribution in [0, 0.1) is 5.92 Å². The van der Waals surface area contributed by atoms with E-state index in [2.05, 4.69) is 30.4 Å². The van der Waals surface area contributed by atoms with Crippen LogP contribution in [0.2, 0.25) is 0 Å². The van der Waals surface area contributed by atoms with Crippen LogP contribution in [0.3, 0.4) is 0 Å². The molecule has 1 amide bonds. The average Bonchev–Trinajstić information content (AvgIpc) is 2.71. The van der Waals surface area contributed by atoms with Crippen LogP contribution in [0.4, 0.5) is 0 Å². The topological polar surface area (TPSA) is 66.5 Å². The van der Waals surface area contributed by atoms with Gasteiger partial charge in [-0.3, -0.25) is 4.79 Å². The number of carbonyl (C=O) groups is 1. The molecule has 1 atom stereocenters. The molecule has 1 heterocycles. The number of hydrogen-bond donors (Lipinski definition) is 1. The lowest BCUT2D eigenvalue weighted by atomic mass is 9.88. The van der Waals surface area contributed by atoms with E-state index in [0.717, 1.165) is 19.3 Å². The summed E-state index contributed by atoms with van der Waals surface area (Å²) in [6.45, 7) is 4.66. The lowest BCUT2D eigenvalue weighted by Gasteiger charge is -2.31. The van der Waals surface area contributed by atoms with Crippen LogP contribution < -0.4 is 5.32 Å². The molecule has 6 heteroatoms. The summed E-state index contributed by atoms with van der Waals surface area (Å²) in [5.74, 6) is 0.0909. The van der Waals surface area contributed by atoms with E-state index in [1.54, 1.807) is 6.92 Å². The Labute approximate surface area is 163 Å². The molecule has 1 aromatic carbocycles. The second-order valence-corrected chi connectivity index (χ2v) is 10.0. The summed E-state index contributed by atoms with van der Waals surface area (Å²) in [5.41, 5.74) is 4.08. The standard InChI is InChI=1S/C21H32N2O3S/c1-3-20(19-10-9-16-7-5-6-8-18(16)15-19)22-21(24)17-11-13-23(14-12-17)27(25,26)4-2/h9-10,15,17,20H,3-8,11-14H2,1-2H3,(H,22,24). The first-order chi connectivity index (χ1) is 12.9. The number of carbonyl (C=O) groups excluding carboxylic acids is 1. The summed E-state index contributed by atoms with van der Waals surface area (Å²) in [6.07, 6.45) is 6.88. The Hall–Kier alpha value is -1.40. The van der Waals surface area contributed by atoms with Crippen molar-refractivity contribution in [2.75, 3.05) is 18.8 Å². The normalized spacial score (nSPS) is 20.1. The SMILES string of the molecule is CCC(NC(=O)C1CCN(S(=O)(=O)CC)CC1)c1ccc2c(c1)CCCC2. The number of aryl methyl sites for hydroxylation is 2. The minimum atomic E-state index is -3.15. The lowest BCUT2D eigenvalue weighted by molar-refractivity contribution is -0.126. The van der Waals surface area contributed by atoms with Crippen molar-refractivity contribution in [1.29, 1.82) is 0 Å². The summed E-state index contributed by atoms with van der Waals surface area (Å²) in [5, 5.41) is 3.22. The van der Waals surface area contributed by atoms with Gasteiger partial charge in [0, 0.05) is 19.0 Å². The number of piperidine rings is 1. The summed E-state index contributed by atoms with van der Waals surface area (Å²) in [7, 11) is -3.15. The molecule has 1 saturated heterocycles. The molecule has 150 valence electrons. The van der Waals surface area contributed by atoms with Gasteiger partial charge in [0.2, 0.25) is 15.9 Å². The van der Waals surface area contributed by atoms with Crippen molar-refractivity contribution in [3.8, 4) is 0 Å². The van der Waals surface area contributed by atoms with E-state index in [4.69, 9.17) is 0 Å². The fraction of sp³-hybridized carbons (Fsp3) is 0.667. The molecule has 5 nitrogen and oxygen atoms in total. The zero-order chi connectivity index (χ0) is 19.4. The third-order valence-corrected chi connectivity index (χ3v) is 7.96. The smallest absolute Gasteiger partial charge is 0.223 e. The molecule has 1 N–H and O–H groups in total. The van der Waals surface area contributed by atoms with Gasteiger partial charge < -0.3 is 5.32 Å². The summed E-state index contributed by atoms with van der Waals surface area (Å²) in [6, 6.07) is 6.70. The fourth-order valence-electron chi connectivity index (χ4n) is 4.26. The van der Waals surface area contributed by atoms with E-state index in [9.17, 15) is 13.2 Å². The molecule has 1 aliphatic carbocycles. The lowest BCUT2D eigenvalue weighted by Crippen LogP contribution is -2.44. The van der Waals surface area contributed by atoms with Crippen LogP contribution >= 0.6 is 0 Å². The van der Waals surface area contributed by atoms with Crippen LogP contribution in [-0.2, 0) is 27.7 Å². The third-order valence-electron chi connectivity index (χ3n) is 6.08. The van der Waals surface area contributed by atoms with Gasteiger partial charge in [-0.1, -0.05) is 25.1 Å². The van der Waals surface area contributed by atoms with Gasteiger partial charge in [-0.05, 0) is 68.6 Å². The molecule has 1 unspecified atom stereocenters. The van der Waals surface area contributed by atoms with Crippen molar-refractivity contribution in [2.24, 2.45) is 5.92 Å². The Kier molecular flexibility index (Phi) is 6.58. The van der Waals surface area contributed by atoms with Crippen molar-refractivity contribution < 1.29 is 13.2 Å². The predicted molar refractivity (Wildman–Crippen MR) is 108 cm³/mol. The first-order valence-electron chi connectivity index (χ1n) is 10.3. The van der Waals surface area contributed by atoms with Gasteiger partial charge in [-0.2, -0.15) is 0 Å². The highest BCUT2D eigenvalue weighted by atomic mass is 32.2. The highest BCUT2D eigenvalue weighted by molar-refractivity contribution is 7.89. The Balaban J connectivity index is 1.61. The minimum Gasteiger partial charge on any atom is -0.349 e. The highest BCUT2D eigenvalue weighted by Crippen LogP contribution is 2.27. The molecule has 0 saturated carbocycles. The molecular weight excluding hydrogens is 360 g/mol. The number of amides is 1. The third kappa shape index (κ3) is 4.72. The number of nitrogens with zero attached hydrogens (tertiary/aromatic N) is 1. The average molecular weight is 393 g/mol. The quantitative estimate of drug-likeness (QED) is 0.808. The first kappa shape index (κ1) is 20.3. The number of rotatable bonds is 6. The van der Waals surface area contributed by atoms with Crippen LogP contribution in [0.15, 0.2) is 18.2 Å². The monoisotopic (exact) mass is 392 g/mol. The highest BCUT2D eigenvalue weighted by Gasteiger charge is 2.31. The van der Waals surface area contributed by atoms with E-state index in [1.165, 1.54) is 33.8 Å². The van der Waals surface area contributed by atoms with Gasteiger partial charge in [0.15, 0.2) is 0 Å². The predicted octanol–water partition coefficient (Wildman–Crippen LogP) is 3.19. The van der Waals surface area contributed by atoms with Crippen molar-refractivity contribution >= 4 is 15.9 Å². The van der Waals surface area contributed by atoms with Gasteiger partial charge in [0.25, 0.3) is 0 Å². The first-order valence-corrected chi connectivity index (χ1v) is 12.0. The molecule has 0 spiro atoms. The number of sulfonamides is 1. The van der Waals surface area contributed by atoms with E-state index < -0.39 is 10.0 Å². The zero-order valence-corrected chi connectivity index (χ0v) is 17.4. The summed E-state index contributed by atoms with van der Waals surface area (Å²) >= 11 is 0. The van der Waals surface area contributed by atoms with Gasteiger partial charge in [0.1, 0.15) is 0 Å². The molecule has 27 heavy (non-hydrogen) atoms. The number of benzene rings is 1. The maximum atomic E-state index is 12.8. The fourth-order valence-corrected chi connectivity index (χ4v) is 5.39. The molecular formula is C21H32N2O3S. The molecule has 0 bridgehead atoms. The largest absolute Gasteiger partial charge is 0.349 e. The van der Waals surface area contributed by atoms with Crippen LogP contribution in [0.25, 0.3) is 0 Å². The second-order valence-electron chi connectivity index (χ2n) is 7.78. The maximum absolute atomic E-state index is 12.8. The van der Waals surface area contributed by atoms with Gasteiger partial charge in [-0.25, -0.2) is 12.7 Å². The van der Waals surface area contributed by atoms with Gasteiger partial charge in [-0.15, -0.1) is 0 Å². The maximum Gasteiger partial charge on any atom is 0.223 e. The van der Waals surface area contributed by atoms with E-state index in [-0.39, 0.29) is 23.6 Å². The van der Waals surface area contributed by atoms with E-state index >= 15 is 0 Å². The second kappa shape index (κ2) is 8.74. The van der Waals surface area contributed by atoms with Crippen molar-refractivity contribution in [3.05, 3.63) is 34.9 Å². The number of fused-ring (bicyclic) bond motifs is 1. The minimum absolute atomic E-state index is 0.0298. The molecule has 1 aliphatic heterocycles. The molecule has 2 aliphatic rings. The summed E-state index contributed by atoms with van der Waals surface area (Å²) < 4.78 is 25.5. The van der Waals surface area contributed by atoms with Crippen molar-refractivity contribution in [1.82, 2.24) is 9.62 Å². The van der Waals surface area contributed by atoms with E-state index in [0.29, 0.717) is 25.9 Å². The van der Waals surface area contributed by atoms with Gasteiger partial charge in [0.05, 0.1) is 11.8 Å².